The number of amides is 1. The second-order valence-corrected chi connectivity index (χ2v) is 9.96. The molecule has 180 valence electrons. The monoisotopic (exact) mass is 555 g/mol. The zero-order chi connectivity index (χ0) is 25.3. The molecule has 3 rings (SSSR count). The van der Waals surface area contributed by atoms with Crippen molar-refractivity contribution < 1.29 is 22.7 Å². The molecule has 0 atom stereocenters. The fourth-order valence-electron chi connectivity index (χ4n) is 2.76. The topological polar surface area (TPSA) is 114 Å². The number of ether oxygens (including phenoxy) is 1. The SMILES string of the molecule is Cc1ccc(S(=O)(=O)NCC(=O)N/N=C/c2cc(Br)ccc2OC(=O)/C=C/c2ccccc2)cc1. The molecule has 0 aromatic heterocycles. The Morgan fingerprint density at radius 3 is 2.46 bits per heavy atom. The Morgan fingerprint density at radius 2 is 1.74 bits per heavy atom. The molecule has 0 bridgehead atoms. The van der Waals surface area contributed by atoms with Crippen LogP contribution in [0.5, 0.6) is 5.75 Å². The fraction of sp³-hybridized carbons (Fsp3) is 0.0800. The first-order chi connectivity index (χ1) is 16.7. The number of rotatable bonds is 9. The third kappa shape index (κ3) is 8.29. The molecule has 0 heterocycles. The number of hydrazone groups is 1. The molecule has 0 saturated heterocycles. The number of carbonyl (C=O) groups is 2. The third-order valence-corrected chi connectivity index (χ3v) is 6.45. The minimum Gasteiger partial charge on any atom is -0.423 e. The normalized spacial score (nSPS) is 11.6. The fourth-order valence-corrected chi connectivity index (χ4v) is 4.12. The summed E-state index contributed by atoms with van der Waals surface area (Å²) >= 11 is 3.34. The lowest BCUT2D eigenvalue weighted by Gasteiger charge is -2.07. The van der Waals surface area contributed by atoms with Crippen molar-refractivity contribution in [3.8, 4) is 5.75 Å². The summed E-state index contributed by atoms with van der Waals surface area (Å²) < 4.78 is 32.9. The predicted molar refractivity (Wildman–Crippen MR) is 137 cm³/mol. The molecular weight excluding hydrogens is 534 g/mol. The van der Waals surface area contributed by atoms with Crippen LogP contribution in [-0.2, 0) is 19.6 Å². The van der Waals surface area contributed by atoms with Gasteiger partial charge in [0, 0.05) is 16.1 Å². The van der Waals surface area contributed by atoms with Crippen molar-refractivity contribution in [2.45, 2.75) is 11.8 Å². The molecule has 2 N–H and O–H groups in total. The van der Waals surface area contributed by atoms with Gasteiger partial charge in [0.15, 0.2) is 0 Å². The first-order valence-corrected chi connectivity index (χ1v) is 12.6. The Hall–Kier alpha value is -3.60. The van der Waals surface area contributed by atoms with Crippen molar-refractivity contribution in [3.63, 3.8) is 0 Å². The van der Waals surface area contributed by atoms with E-state index >= 15 is 0 Å². The molecule has 8 nitrogen and oxygen atoms in total. The molecule has 35 heavy (non-hydrogen) atoms. The summed E-state index contributed by atoms with van der Waals surface area (Å²) in [5, 5.41) is 3.84. The molecule has 1 amide bonds. The second kappa shape index (κ2) is 12.2. The summed E-state index contributed by atoms with van der Waals surface area (Å²) in [5.74, 6) is -1.02. The first-order valence-electron chi connectivity index (χ1n) is 10.4. The summed E-state index contributed by atoms with van der Waals surface area (Å²) in [6.45, 7) is 1.34. The van der Waals surface area contributed by atoms with Crippen molar-refractivity contribution in [2.75, 3.05) is 6.54 Å². The Morgan fingerprint density at radius 1 is 1.03 bits per heavy atom. The van der Waals surface area contributed by atoms with Gasteiger partial charge >= 0.3 is 5.97 Å². The quantitative estimate of drug-likeness (QED) is 0.137. The van der Waals surface area contributed by atoms with E-state index in [-0.39, 0.29) is 10.6 Å². The van der Waals surface area contributed by atoms with Crippen molar-refractivity contribution >= 4 is 50.1 Å². The molecule has 0 fully saturated rings. The van der Waals surface area contributed by atoms with Gasteiger partial charge < -0.3 is 4.74 Å². The van der Waals surface area contributed by atoms with Gasteiger partial charge in [-0.25, -0.2) is 23.4 Å². The van der Waals surface area contributed by atoms with E-state index in [1.54, 1.807) is 36.4 Å². The second-order valence-electron chi connectivity index (χ2n) is 7.28. The highest BCUT2D eigenvalue weighted by atomic mass is 79.9. The Bertz CT molecular complexity index is 1360. The van der Waals surface area contributed by atoms with Gasteiger partial charge in [0.25, 0.3) is 5.91 Å². The van der Waals surface area contributed by atoms with Crippen molar-refractivity contribution in [3.05, 3.63) is 100 Å². The van der Waals surface area contributed by atoms with E-state index < -0.39 is 28.4 Å². The third-order valence-electron chi connectivity index (χ3n) is 4.54. The van der Waals surface area contributed by atoms with E-state index in [0.29, 0.717) is 10.0 Å². The number of carbonyl (C=O) groups excluding carboxylic acids is 2. The lowest BCUT2D eigenvalue weighted by atomic mass is 10.2. The highest BCUT2D eigenvalue weighted by molar-refractivity contribution is 9.10. The maximum absolute atomic E-state index is 12.3. The number of nitrogens with zero attached hydrogens (tertiary/aromatic N) is 1. The van der Waals surface area contributed by atoms with Gasteiger partial charge in [-0.05, 0) is 48.9 Å². The van der Waals surface area contributed by atoms with Gasteiger partial charge in [0.05, 0.1) is 17.7 Å². The molecular formula is C25H22BrN3O5S. The van der Waals surface area contributed by atoms with Crippen LogP contribution < -0.4 is 14.9 Å². The first kappa shape index (κ1) is 26.0. The number of benzene rings is 3. The number of sulfonamides is 1. The molecule has 0 radical (unpaired) electrons. The number of nitrogens with one attached hydrogen (secondary N) is 2. The molecule has 0 saturated carbocycles. The Kier molecular flexibility index (Phi) is 9.07. The van der Waals surface area contributed by atoms with Crippen LogP contribution in [0.25, 0.3) is 6.08 Å². The lowest BCUT2D eigenvalue weighted by molar-refractivity contribution is -0.129. The molecule has 0 aliphatic carbocycles. The van der Waals surface area contributed by atoms with E-state index in [1.165, 1.54) is 24.4 Å². The Labute approximate surface area is 211 Å². The van der Waals surface area contributed by atoms with Crippen LogP contribution in [0.4, 0.5) is 0 Å². The summed E-state index contributed by atoms with van der Waals surface area (Å²) in [5.41, 5.74) is 4.43. The van der Waals surface area contributed by atoms with E-state index in [0.717, 1.165) is 11.1 Å². The zero-order valence-electron chi connectivity index (χ0n) is 18.6. The summed E-state index contributed by atoms with van der Waals surface area (Å²) in [4.78, 5) is 24.3. The van der Waals surface area contributed by atoms with Crippen molar-refractivity contribution in [2.24, 2.45) is 5.10 Å². The van der Waals surface area contributed by atoms with Crippen molar-refractivity contribution in [1.29, 1.82) is 0 Å². The maximum Gasteiger partial charge on any atom is 0.336 e. The van der Waals surface area contributed by atoms with Gasteiger partial charge in [-0.2, -0.15) is 5.10 Å². The molecule has 0 aliphatic rings. The van der Waals surface area contributed by atoms with Crippen LogP contribution in [0.15, 0.2) is 93.3 Å². The number of esters is 1. The van der Waals surface area contributed by atoms with E-state index in [4.69, 9.17) is 4.74 Å². The van der Waals surface area contributed by atoms with Gasteiger partial charge in [-0.1, -0.05) is 64.0 Å². The molecule has 3 aromatic rings. The smallest absolute Gasteiger partial charge is 0.336 e. The number of hydrogen-bond donors (Lipinski definition) is 2. The van der Waals surface area contributed by atoms with Crippen LogP contribution >= 0.6 is 15.9 Å². The van der Waals surface area contributed by atoms with Gasteiger partial charge in [0.2, 0.25) is 10.0 Å². The minimum atomic E-state index is -3.83. The average molecular weight is 556 g/mol. The number of halogens is 1. The summed E-state index contributed by atoms with van der Waals surface area (Å²) in [6, 6.07) is 20.5. The van der Waals surface area contributed by atoms with Gasteiger partial charge in [-0.15, -0.1) is 0 Å². The van der Waals surface area contributed by atoms with Crippen LogP contribution in [-0.4, -0.2) is 33.1 Å². The number of hydrogen-bond acceptors (Lipinski definition) is 6. The van der Waals surface area contributed by atoms with Crippen molar-refractivity contribution in [1.82, 2.24) is 10.1 Å². The minimum absolute atomic E-state index is 0.0568. The predicted octanol–water partition coefficient (Wildman–Crippen LogP) is 3.80. The lowest BCUT2D eigenvalue weighted by Crippen LogP contribution is -2.34. The molecule has 10 heteroatoms. The zero-order valence-corrected chi connectivity index (χ0v) is 21.0. The van der Waals surface area contributed by atoms with Crippen LogP contribution in [0.2, 0.25) is 0 Å². The molecule has 0 spiro atoms. The molecule has 0 aliphatic heterocycles. The maximum atomic E-state index is 12.3. The Balaban J connectivity index is 1.58. The van der Waals surface area contributed by atoms with Gasteiger partial charge in [-0.3, -0.25) is 4.79 Å². The number of aryl methyl sites for hydroxylation is 1. The molecule has 3 aromatic carbocycles. The van der Waals surface area contributed by atoms with Gasteiger partial charge in [0.1, 0.15) is 5.75 Å². The highest BCUT2D eigenvalue weighted by Gasteiger charge is 2.15. The van der Waals surface area contributed by atoms with E-state index in [9.17, 15) is 18.0 Å². The van der Waals surface area contributed by atoms with Crippen LogP contribution in [0.1, 0.15) is 16.7 Å². The van der Waals surface area contributed by atoms with Crippen LogP contribution in [0, 0.1) is 6.92 Å². The van der Waals surface area contributed by atoms with E-state index in [1.807, 2.05) is 37.3 Å². The summed E-state index contributed by atoms with van der Waals surface area (Å²) in [7, 11) is -3.83. The molecule has 0 unspecified atom stereocenters. The highest BCUT2D eigenvalue weighted by Crippen LogP contribution is 2.22. The summed E-state index contributed by atoms with van der Waals surface area (Å²) in [6.07, 6.45) is 4.23. The van der Waals surface area contributed by atoms with Crippen LogP contribution in [0.3, 0.4) is 0 Å². The average Bonchev–Trinajstić information content (AvgIpc) is 2.84. The standard InChI is InChI=1S/C25H22BrN3O5S/c1-18-7-11-22(12-8-18)35(32,33)28-17-24(30)29-27-16-20-15-21(26)10-13-23(20)34-25(31)14-9-19-5-3-2-4-6-19/h2-16,28H,17H2,1H3,(H,29,30)/b14-9+,27-16+. The largest absolute Gasteiger partial charge is 0.423 e. The van der Waals surface area contributed by atoms with E-state index in [2.05, 4.69) is 31.2 Å².